The van der Waals surface area contributed by atoms with Gasteiger partial charge in [0.1, 0.15) is 22.6 Å². The minimum absolute atomic E-state index is 0.176. The summed E-state index contributed by atoms with van der Waals surface area (Å²) < 4.78 is 0. The highest BCUT2D eigenvalue weighted by Crippen LogP contribution is 2.22. The second-order valence-electron chi connectivity index (χ2n) is 4.35. The lowest BCUT2D eigenvalue weighted by atomic mass is 10.2. The fourth-order valence-electron chi connectivity index (χ4n) is 1.53. The van der Waals surface area contributed by atoms with Gasteiger partial charge in [0.25, 0.3) is 5.69 Å². The van der Waals surface area contributed by atoms with Gasteiger partial charge in [0.05, 0.1) is 4.92 Å². The van der Waals surface area contributed by atoms with Crippen LogP contribution in [0.2, 0.25) is 0 Å². The average Bonchev–Trinajstić information content (AvgIpc) is 2.50. The molecule has 2 aromatic rings. The van der Waals surface area contributed by atoms with E-state index in [9.17, 15) is 19.7 Å². The van der Waals surface area contributed by atoms with Gasteiger partial charge in [0.2, 0.25) is 0 Å². The van der Waals surface area contributed by atoms with E-state index in [0.29, 0.717) is 5.69 Å². The van der Waals surface area contributed by atoms with E-state index in [0.717, 1.165) is 18.2 Å². The Morgan fingerprint density at radius 1 is 0.917 bits per heavy atom. The molecule has 0 aromatic heterocycles. The number of carboxylic acids is 2. The van der Waals surface area contributed by atoms with Gasteiger partial charge in [-0.15, -0.1) is 0 Å². The fraction of sp³-hybridized carbons (Fsp3) is 0. The van der Waals surface area contributed by atoms with Crippen LogP contribution < -0.4 is 5.73 Å². The molecule has 0 saturated heterocycles. The normalized spacial score (nSPS) is 9.50. The van der Waals surface area contributed by atoms with Gasteiger partial charge in [-0.2, -0.15) is 0 Å². The number of nitrogens with zero attached hydrogens (tertiary/aromatic N) is 1. The lowest BCUT2D eigenvalue weighted by Gasteiger charge is -1.98. The van der Waals surface area contributed by atoms with Gasteiger partial charge < -0.3 is 26.2 Å². The Kier molecular flexibility index (Phi) is 5.65. The molecule has 24 heavy (non-hydrogen) atoms. The molecule has 0 bridgehead atoms. The van der Waals surface area contributed by atoms with Gasteiger partial charge in [-0.1, -0.05) is 0 Å². The first-order chi connectivity index (χ1) is 11.1. The van der Waals surface area contributed by atoms with E-state index in [1.165, 1.54) is 18.2 Å². The third-order valence-corrected chi connectivity index (χ3v) is 2.67. The first-order valence-corrected chi connectivity index (χ1v) is 6.16. The number of non-ortho nitro benzene ring substituents is 1. The molecule has 0 aliphatic heterocycles. The highest BCUT2D eigenvalue weighted by atomic mass is 16.6. The molecule has 0 atom stereocenters. The summed E-state index contributed by atoms with van der Waals surface area (Å²) in [5, 5.41) is 45.1. The van der Waals surface area contributed by atoms with E-state index in [4.69, 9.17) is 26.2 Å². The molecule has 0 radical (unpaired) electrons. The summed E-state index contributed by atoms with van der Waals surface area (Å²) in [6.07, 6.45) is 0. The van der Waals surface area contributed by atoms with Crippen LogP contribution in [-0.2, 0) is 0 Å². The van der Waals surface area contributed by atoms with Gasteiger partial charge in [-0.3, -0.25) is 10.1 Å². The lowest BCUT2D eigenvalue weighted by Crippen LogP contribution is -1.98. The standard InChI is InChI=1S/C7H5NO5.C7H7NO3/c9-6-2-1-4(8(12)13)3-5(6)7(10)11;8-4-1-2-6(9)5(3-4)7(10)11/h1-3,9H,(H,10,11);1-3,9H,8H2,(H,10,11). The largest absolute Gasteiger partial charge is 0.507 e. The van der Waals surface area contributed by atoms with Crippen molar-refractivity contribution >= 4 is 23.3 Å². The molecule has 10 heteroatoms. The predicted molar refractivity (Wildman–Crippen MR) is 81.2 cm³/mol. The Morgan fingerprint density at radius 2 is 1.38 bits per heavy atom. The number of hydrogen-bond acceptors (Lipinski definition) is 7. The first-order valence-electron chi connectivity index (χ1n) is 6.16. The molecular weight excluding hydrogens is 324 g/mol. The molecule has 10 nitrogen and oxygen atoms in total. The number of aromatic hydroxyl groups is 2. The molecule has 0 aliphatic rings. The Labute approximate surface area is 134 Å². The molecule has 126 valence electrons. The Bertz CT molecular complexity index is 803. The second-order valence-corrected chi connectivity index (χ2v) is 4.35. The summed E-state index contributed by atoms with van der Waals surface area (Å²) in [6, 6.07) is 6.69. The molecule has 2 rings (SSSR count). The topological polar surface area (TPSA) is 184 Å². The fourth-order valence-corrected chi connectivity index (χ4v) is 1.53. The van der Waals surface area contributed by atoms with Crippen LogP contribution in [0.15, 0.2) is 36.4 Å². The van der Waals surface area contributed by atoms with E-state index in [1.807, 2.05) is 0 Å². The smallest absolute Gasteiger partial charge is 0.339 e. The molecule has 0 heterocycles. The number of nitrogen functional groups attached to an aromatic ring is 1. The summed E-state index contributed by atoms with van der Waals surface area (Å²) in [6.45, 7) is 0. The van der Waals surface area contributed by atoms with Crippen molar-refractivity contribution in [1.82, 2.24) is 0 Å². The highest BCUT2D eigenvalue weighted by molar-refractivity contribution is 5.92. The number of carboxylic acid groups (broad SMARTS) is 2. The van der Waals surface area contributed by atoms with Crippen LogP contribution in [-0.4, -0.2) is 37.3 Å². The number of nitro groups is 1. The number of aromatic carboxylic acids is 2. The van der Waals surface area contributed by atoms with E-state index in [2.05, 4.69) is 0 Å². The molecule has 0 aliphatic carbocycles. The van der Waals surface area contributed by atoms with Gasteiger partial charge in [0, 0.05) is 17.8 Å². The van der Waals surface area contributed by atoms with Gasteiger partial charge in [-0.25, -0.2) is 9.59 Å². The molecule has 0 unspecified atom stereocenters. The quantitative estimate of drug-likeness (QED) is 0.240. The average molecular weight is 336 g/mol. The van der Waals surface area contributed by atoms with Crippen LogP contribution in [0.3, 0.4) is 0 Å². The van der Waals surface area contributed by atoms with E-state index in [1.54, 1.807) is 0 Å². The van der Waals surface area contributed by atoms with Crippen LogP contribution >= 0.6 is 0 Å². The molecule has 0 amide bonds. The monoisotopic (exact) mass is 336 g/mol. The molecular formula is C14H12N2O8. The van der Waals surface area contributed by atoms with Crippen molar-refractivity contribution in [3.63, 3.8) is 0 Å². The van der Waals surface area contributed by atoms with Crippen LogP contribution in [0.25, 0.3) is 0 Å². The van der Waals surface area contributed by atoms with Crippen molar-refractivity contribution in [2.24, 2.45) is 0 Å². The third kappa shape index (κ3) is 4.59. The molecule has 0 spiro atoms. The zero-order valence-corrected chi connectivity index (χ0v) is 11.9. The van der Waals surface area contributed by atoms with Crippen molar-refractivity contribution in [3.8, 4) is 11.5 Å². The van der Waals surface area contributed by atoms with E-state index >= 15 is 0 Å². The predicted octanol–water partition coefficient (Wildman–Crippen LogP) is 1.67. The van der Waals surface area contributed by atoms with Crippen molar-refractivity contribution in [2.45, 2.75) is 0 Å². The molecule has 6 N–H and O–H groups in total. The van der Waals surface area contributed by atoms with Crippen molar-refractivity contribution in [3.05, 3.63) is 57.6 Å². The summed E-state index contributed by atoms with van der Waals surface area (Å²) >= 11 is 0. The third-order valence-electron chi connectivity index (χ3n) is 2.67. The summed E-state index contributed by atoms with van der Waals surface area (Å²) in [7, 11) is 0. The maximum atomic E-state index is 10.4. The van der Waals surface area contributed by atoms with Crippen molar-refractivity contribution in [2.75, 3.05) is 5.73 Å². The number of nitrogens with two attached hydrogens (primary N) is 1. The van der Waals surface area contributed by atoms with Gasteiger partial charge in [0.15, 0.2) is 0 Å². The maximum absolute atomic E-state index is 10.4. The van der Waals surface area contributed by atoms with E-state index < -0.39 is 28.2 Å². The van der Waals surface area contributed by atoms with Crippen LogP contribution in [0.4, 0.5) is 11.4 Å². The molecule has 0 saturated carbocycles. The number of hydrogen-bond donors (Lipinski definition) is 5. The zero-order valence-electron chi connectivity index (χ0n) is 11.9. The Balaban J connectivity index is 0.000000243. The number of rotatable bonds is 3. The van der Waals surface area contributed by atoms with Crippen molar-refractivity contribution in [1.29, 1.82) is 0 Å². The SMILES string of the molecule is Nc1ccc(O)c(C(=O)O)c1.O=C(O)c1cc([N+](=O)[O-])ccc1O. The van der Waals surface area contributed by atoms with Crippen molar-refractivity contribution < 1.29 is 34.9 Å². The lowest BCUT2D eigenvalue weighted by molar-refractivity contribution is -0.384. The minimum Gasteiger partial charge on any atom is -0.507 e. The first kappa shape index (κ1) is 18.2. The van der Waals surface area contributed by atoms with Crippen LogP contribution in [0.1, 0.15) is 20.7 Å². The molecule has 2 aromatic carbocycles. The Morgan fingerprint density at radius 3 is 1.79 bits per heavy atom. The highest BCUT2D eigenvalue weighted by Gasteiger charge is 2.14. The van der Waals surface area contributed by atoms with Crippen LogP contribution in [0, 0.1) is 10.1 Å². The van der Waals surface area contributed by atoms with Gasteiger partial charge >= 0.3 is 11.9 Å². The number of benzene rings is 2. The van der Waals surface area contributed by atoms with Crippen LogP contribution in [0.5, 0.6) is 11.5 Å². The van der Waals surface area contributed by atoms with Gasteiger partial charge in [-0.05, 0) is 24.3 Å². The number of carbonyl (C=O) groups is 2. The minimum atomic E-state index is -1.40. The molecule has 0 fully saturated rings. The number of nitro benzene ring substituents is 1. The maximum Gasteiger partial charge on any atom is 0.339 e. The Hall–Kier alpha value is -3.82. The second kappa shape index (κ2) is 7.45. The van der Waals surface area contributed by atoms with E-state index in [-0.39, 0.29) is 17.0 Å². The number of anilines is 1. The summed E-state index contributed by atoms with van der Waals surface area (Å²) in [5.74, 6) is -3.35. The number of phenols is 2. The summed E-state index contributed by atoms with van der Waals surface area (Å²) in [4.78, 5) is 30.3. The zero-order chi connectivity index (χ0) is 18.4. The summed E-state index contributed by atoms with van der Waals surface area (Å²) in [5.41, 5.74) is 4.59.